The molecule has 1 rings (SSSR count). The number of likely N-dealkylation sites (N-methyl/N-ethyl adjacent to an activating group) is 1. The second-order valence-corrected chi connectivity index (χ2v) is 3.23. The minimum absolute atomic E-state index is 0.884. The summed E-state index contributed by atoms with van der Waals surface area (Å²) in [6.45, 7) is 6.07. The highest BCUT2D eigenvalue weighted by molar-refractivity contribution is 7.07. The highest BCUT2D eigenvalue weighted by Gasteiger charge is 1.92. The molecule has 0 fully saturated rings. The van der Waals surface area contributed by atoms with E-state index in [1.165, 1.54) is 0 Å². The maximum absolute atomic E-state index is 4.17. The number of nitrogens with zero attached hydrogens (tertiary/aromatic N) is 1. The van der Waals surface area contributed by atoms with Crippen LogP contribution in [0.5, 0.6) is 0 Å². The van der Waals surface area contributed by atoms with Gasteiger partial charge in [0.05, 0.1) is 11.2 Å². The summed E-state index contributed by atoms with van der Waals surface area (Å²) in [6.07, 6.45) is 0. The quantitative estimate of drug-likeness (QED) is 0.645. The summed E-state index contributed by atoms with van der Waals surface area (Å²) >= 11 is 1.64. The fourth-order valence-corrected chi connectivity index (χ4v) is 1.45. The number of thiazole rings is 1. The van der Waals surface area contributed by atoms with Gasteiger partial charge in [0.15, 0.2) is 0 Å². The monoisotopic (exact) mass is 185 g/mol. The SMILES string of the molecule is CCNCCNCc1cscn1. The predicted octanol–water partition coefficient (Wildman–Crippen LogP) is 0.842. The molecule has 0 unspecified atom stereocenters. The number of hydrogen-bond donors (Lipinski definition) is 2. The van der Waals surface area contributed by atoms with E-state index in [1.807, 2.05) is 5.51 Å². The van der Waals surface area contributed by atoms with Gasteiger partial charge in [0.1, 0.15) is 0 Å². The van der Waals surface area contributed by atoms with Gasteiger partial charge in [-0.2, -0.15) is 0 Å². The van der Waals surface area contributed by atoms with Gasteiger partial charge >= 0.3 is 0 Å². The predicted molar refractivity (Wildman–Crippen MR) is 52.4 cm³/mol. The molecule has 1 aromatic rings. The molecule has 1 heterocycles. The molecule has 0 aliphatic rings. The second-order valence-electron chi connectivity index (χ2n) is 2.51. The van der Waals surface area contributed by atoms with Gasteiger partial charge in [-0.1, -0.05) is 6.92 Å². The zero-order valence-corrected chi connectivity index (χ0v) is 8.16. The second kappa shape index (κ2) is 6.11. The van der Waals surface area contributed by atoms with Crippen LogP contribution in [-0.2, 0) is 6.54 Å². The van der Waals surface area contributed by atoms with Crippen LogP contribution in [0.4, 0.5) is 0 Å². The molecule has 0 amide bonds. The van der Waals surface area contributed by atoms with Gasteiger partial charge in [-0.25, -0.2) is 4.98 Å². The zero-order chi connectivity index (χ0) is 8.65. The summed E-state index contributed by atoms with van der Waals surface area (Å²) in [5.41, 5.74) is 3.00. The normalized spacial score (nSPS) is 10.4. The Morgan fingerprint density at radius 2 is 2.25 bits per heavy atom. The van der Waals surface area contributed by atoms with Crippen molar-refractivity contribution in [3.05, 3.63) is 16.6 Å². The Balaban J connectivity index is 1.96. The van der Waals surface area contributed by atoms with E-state index in [-0.39, 0.29) is 0 Å². The third-order valence-electron chi connectivity index (χ3n) is 1.52. The molecule has 4 heteroatoms. The lowest BCUT2D eigenvalue weighted by Crippen LogP contribution is -2.26. The first-order valence-corrected chi connectivity index (χ1v) is 5.16. The Hall–Kier alpha value is -0.450. The molecule has 0 aliphatic carbocycles. The maximum atomic E-state index is 4.17. The minimum atomic E-state index is 0.884. The van der Waals surface area contributed by atoms with Crippen molar-refractivity contribution in [1.29, 1.82) is 0 Å². The standard InChI is InChI=1S/C8H15N3S/c1-2-9-3-4-10-5-8-6-12-7-11-8/h6-7,9-10H,2-5H2,1H3. The Bertz CT molecular complexity index is 186. The van der Waals surface area contributed by atoms with Crippen molar-refractivity contribution in [1.82, 2.24) is 15.6 Å². The van der Waals surface area contributed by atoms with Gasteiger partial charge in [-0.15, -0.1) is 11.3 Å². The minimum Gasteiger partial charge on any atom is -0.316 e. The molecule has 68 valence electrons. The van der Waals surface area contributed by atoms with Crippen LogP contribution in [-0.4, -0.2) is 24.6 Å². The molecule has 0 bridgehead atoms. The van der Waals surface area contributed by atoms with E-state index < -0.39 is 0 Å². The van der Waals surface area contributed by atoms with Crippen molar-refractivity contribution < 1.29 is 0 Å². The fraction of sp³-hybridized carbons (Fsp3) is 0.625. The summed E-state index contributed by atoms with van der Waals surface area (Å²) in [6, 6.07) is 0. The lowest BCUT2D eigenvalue weighted by molar-refractivity contribution is 0.620. The Morgan fingerprint density at radius 1 is 1.42 bits per heavy atom. The Kier molecular flexibility index (Phi) is 4.91. The summed E-state index contributed by atoms with van der Waals surface area (Å²) in [5, 5.41) is 8.62. The van der Waals surface area contributed by atoms with Crippen LogP contribution >= 0.6 is 11.3 Å². The van der Waals surface area contributed by atoms with E-state index in [1.54, 1.807) is 11.3 Å². The van der Waals surface area contributed by atoms with Crippen LogP contribution in [0.15, 0.2) is 10.9 Å². The summed E-state index contributed by atoms with van der Waals surface area (Å²) in [4.78, 5) is 4.17. The molecule has 3 nitrogen and oxygen atoms in total. The van der Waals surface area contributed by atoms with E-state index in [2.05, 4.69) is 27.9 Å². The lowest BCUT2D eigenvalue weighted by atomic mass is 10.5. The molecule has 12 heavy (non-hydrogen) atoms. The van der Waals surface area contributed by atoms with Crippen molar-refractivity contribution in [2.75, 3.05) is 19.6 Å². The van der Waals surface area contributed by atoms with E-state index in [0.29, 0.717) is 0 Å². The van der Waals surface area contributed by atoms with Gasteiger partial charge in [0.25, 0.3) is 0 Å². The fourth-order valence-electron chi connectivity index (χ4n) is 0.895. The van der Waals surface area contributed by atoms with Crippen molar-refractivity contribution in [3.63, 3.8) is 0 Å². The largest absolute Gasteiger partial charge is 0.316 e. The third-order valence-corrected chi connectivity index (χ3v) is 2.15. The lowest BCUT2D eigenvalue weighted by Gasteiger charge is -2.02. The topological polar surface area (TPSA) is 37.0 Å². The molecule has 0 aliphatic heterocycles. The van der Waals surface area contributed by atoms with Crippen LogP contribution in [0, 0.1) is 0 Å². The van der Waals surface area contributed by atoms with E-state index >= 15 is 0 Å². The molecular formula is C8H15N3S. The van der Waals surface area contributed by atoms with Crippen LogP contribution in [0.3, 0.4) is 0 Å². The zero-order valence-electron chi connectivity index (χ0n) is 7.34. The molecule has 0 saturated carbocycles. The van der Waals surface area contributed by atoms with Crippen molar-refractivity contribution in [2.24, 2.45) is 0 Å². The average Bonchev–Trinajstić information content (AvgIpc) is 2.57. The molecule has 1 aromatic heterocycles. The summed E-state index contributed by atoms with van der Waals surface area (Å²) in [5.74, 6) is 0. The van der Waals surface area contributed by atoms with Gasteiger partial charge in [-0.3, -0.25) is 0 Å². The van der Waals surface area contributed by atoms with E-state index in [0.717, 1.165) is 31.9 Å². The van der Waals surface area contributed by atoms with Gasteiger partial charge in [-0.05, 0) is 6.54 Å². The molecule has 0 spiro atoms. The van der Waals surface area contributed by atoms with Crippen molar-refractivity contribution >= 4 is 11.3 Å². The number of hydrogen-bond acceptors (Lipinski definition) is 4. The van der Waals surface area contributed by atoms with Crippen LogP contribution in [0.25, 0.3) is 0 Å². The molecule has 0 radical (unpaired) electrons. The van der Waals surface area contributed by atoms with Crippen LogP contribution in [0.2, 0.25) is 0 Å². The van der Waals surface area contributed by atoms with E-state index in [4.69, 9.17) is 0 Å². The third kappa shape index (κ3) is 3.80. The maximum Gasteiger partial charge on any atom is 0.0795 e. The first-order valence-electron chi connectivity index (χ1n) is 4.22. The van der Waals surface area contributed by atoms with Gasteiger partial charge < -0.3 is 10.6 Å². The molecule has 0 aromatic carbocycles. The van der Waals surface area contributed by atoms with Gasteiger partial charge in [0.2, 0.25) is 0 Å². The Labute approximate surface area is 77.2 Å². The molecule has 0 atom stereocenters. The number of aromatic nitrogens is 1. The molecule has 0 saturated heterocycles. The summed E-state index contributed by atoms with van der Waals surface area (Å²) in [7, 11) is 0. The smallest absolute Gasteiger partial charge is 0.0795 e. The highest BCUT2D eigenvalue weighted by atomic mass is 32.1. The van der Waals surface area contributed by atoms with Crippen molar-refractivity contribution in [3.8, 4) is 0 Å². The first-order chi connectivity index (χ1) is 5.93. The number of rotatable bonds is 6. The van der Waals surface area contributed by atoms with Crippen LogP contribution < -0.4 is 10.6 Å². The average molecular weight is 185 g/mol. The Morgan fingerprint density at radius 3 is 2.92 bits per heavy atom. The summed E-state index contributed by atoms with van der Waals surface area (Å²) < 4.78 is 0. The van der Waals surface area contributed by atoms with Gasteiger partial charge in [0, 0.05) is 25.0 Å². The van der Waals surface area contributed by atoms with E-state index in [9.17, 15) is 0 Å². The number of nitrogens with one attached hydrogen (secondary N) is 2. The first kappa shape index (κ1) is 9.64. The molecular weight excluding hydrogens is 170 g/mol. The highest BCUT2D eigenvalue weighted by Crippen LogP contribution is 1.98. The molecule has 2 N–H and O–H groups in total. The van der Waals surface area contributed by atoms with Crippen LogP contribution in [0.1, 0.15) is 12.6 Å². The van der Waals surface area contributed by atoms with Crippen molar-refractivity contribution in [2.45, 2.75) is 13.5 Å².